The molecule has 5 rings (SSSR count). The summed E-state index contributed by atoms with van der Waals surface area (Å²) in [6.07, 6.45) is -3.62. The summed E-state index contributed by atoms with van der Waals surface area (Å²) in [5, 5.41) is 7.21. The Morgan fingerprint density at radius 1 is 1.14 bits per heavy atom. The Morgan fingerprint density at radius 3 is 2.56 bits per heavy atom. The first kappa shape index (κ1) is 30.1. The predicted molar refractivity (Wildman–Crippen MR) is 147 cm³/mol. The first-order valence-corrected chi connectivity index (χ1v) is 13.4. The van der Waals surface area contributed by atoms with Gasteiger partial charge < -0.3 is 11.1 Å². The third kappa shape index (κ3) is 5.58. The van der Waals surface area contributed by atoms with E-state index in [9.17, 15) is 31.5 Å². The number of carbonyl (C=O) groups excluding carboxylic acids is 2. The van der Waals surface area contributed by atoms with Crippen molar-refractivity contribution in [3.8, 4) is 11.5 Å². The van der Waals surface area contributed by atoms with Crippen LogP contribution < -0.4 is 11.1 Å². The Labute approximate surface area is 242 Å². The first-order chi connectivity index (χ1) is 20.1. The summed E-state index contributed by atoms with van der Waals surface area (Å²) in [5.74, 6) is -3.99. The van der Waals surface area contributed by atoms with E-state index < -0.39 is 52.9 Å². The zero-order valence-corrected chi connectivity index (χ0v) is 23.7. The van der Waals surface area contributed by atoms with Gasteiger partial charge in [0.05, 0.1) is 23.0 Å². The third-order valence-corrected chi connectivity index (χ3v) is 7.56. The number of nitrogens with one attached hydrogen (secondary N) is 1. The molecule has 1 atom stereocenters. The minimum atomic E-state index is -2.66. The van der Waals surface area contributed by atoms with Crippen molar-refractivity contribution in [2.75, 3.05) is 5.32 Å². The highest BCUT2D eigenvalue weighted by molar-refractivity contribution is 6.09. The van der Waals surface area contributed by atoms with Crippen LogP contribution in [0.25, 0.3) is 22.6 Å². The largest absolute Gasteiger partial charge is 0.325 e. The fourth-order valence-electron chi connectivity index (χ4n) is 5.07. The average Bonchev–Trinajstić information content (AvgIpc) is 3.37. The van der Waals surface area contributed by atoms with E-state index in [2.05, 4.69) is 25.4 Å². The van der Waals surface area contributed by atoms with E-state index in [-0.39, 0.29) is 70.3 Å². The van der Waals surface area contributed by atoms with Gasteiger partial charge in [0.1, 0.15) is 23.0 Å². The van der Waals surface area contributed by atoms with Gasteiger partial charge in [-0.25, -0.2) is 41.6 Å². The molecular weight excluding hydrogens is 573 g/mol. The number of aromatic nitrogens is 5. The van der Waals surface area contributed by atoms with Crippen LogP contribution >= 0.6 is 0 Å². The molecule has 4 heterocycles. The van der Waals surface area contributed by atoms with Gasteiger partial charge in [-0.3, -0.25) is 9.59 Å². The van der Waals surface area contributed by atoms with E-state index in [0.29, 0.717) is 0 Å². The maximum Gasteiger partial charge on any atom is 0.240 e. The molecular formula is C29H28F5N7O2. The summed E-state index contributed by atoms with van der Waals surface area (Å²) in [6, 6.07) is 4.81. The Balaban J connectivity index is 1.65. The number of hydrogen-bond donors (Lipinski definition) is 2. The number of Topliss-reactive ketones (excluding diaryl/α,β-unsaturated/α-hetero) is 1. The van der Waals surface area contributed by atoms with Crippen LogP contribution in [-0.4, -0.2) is 48.4 Å². The third-order valence-electron chi connectivity index (χ3n) is 7.56. The number of benzene rings is 1. The Kier molecular flexibility index (Phi) is 7.53. The van der Waals surface area contributed by atoms with Gasteiger partial charge in [-0.1, -0.05) is 12.1 Å². The lowest BCUT2D eigenvalue weighted by atomic mass is 9.83. The molecule has 1 unspecified atom stereocenters. The number of alkyl halides is 2. The molecule has 43 heavy (non-hydrogen) atoms. The maximum atomic E-state index is 14.8. The van der Waals surface area contributed by atoms with Crippen molar-refractivity contribution in [1.29, 1.82) is 0 Å². The summed E-state index contributed by atoms with van der Waals surface area (Å²) < 4.78 is 70.4. The molecule has 3 N–H and O–H groups in total. The number of nitrogens with two attached hydrogens (primary N) is 1. The molecule has 0 radical (unpaired) electrons. The van der Waals surface area contributed by atoms with Gasteiger partial charge in [0.25, 0.3) is 0 Å². The van der Waals surface area contributed by atoms with Gasteiger partial charge in [0.15, 0.2) is 28.9 Å². The van der Waals surface area contributed by atoms with E-state index in [1.54, 1.807) is 13.8 Å². The standard InChI is InChI=1S/C29H28F5N7O2/c1-13-17(31)10-15-22(40-41(26(15)36-13)12-14-6-5-7-16(30)21(14)34)25-37-23(18(42)8-9-29(4,35)11-19(32)33)20-24(38-25)39-27(43)28(20,2)3/h5-7,10,19H,8-9,11-12,35H2,1-4H3,(H,37,38,39,43). The zero-order valence-electron chi connectivity index (χ0n) is 23.7. The van der Waals surface area contributed by atoms with E-state index >= 15 is 0 Å². The van der Waals surface area contributed by atoms with Crippen molar-refractivity contribution < 1.29 is 31.5 Å². The van der Waals surface area contributed by atoms with Crippen LogP contribution in [0.2, 0.25) is 0 Å². The quantitative estimate of drug-likeness (QED) is 0.199. The zero-order chi connectivity index (χ0) is 31.4. The van der Waals surface area contributed by atoms with Crippen LogP contribution in [0.15, 0.2) is 24.3 Å². The summed E-state index contributed by atoms with van der Waals surface area (Å²) in [4.78, 5) is 39.5. The molecule has 0 saturated heterocycles. The van der Waals surface area contributed by atoms with Gasteiger partial charge >= 0.3 is 0 Å². The second kappa shape index (κ2) is 10.7. The number of halogens is 5. The van der Waals surface area contributed by atoms with Crippen molar-refractivity contribution in [2.24, 2.45) is 5.73 Å². The Bertz CT molecular complexity index is 1790. The first-order valence-electron chi connectivity index (χ1n) is 13.4. The molecule has 1 aliphatic rings. The Morgan fingerprint density at radius 2 is 1.86 bits per heavy atom. The minimum Gasteiger partial charge on any atom is -0.325 e. The van der Waals surface area contributed by atoms with Crippen molar-refractivity contribution in [1.82, 2.24) is 24.7 Å². The normalized spacial score (nSPS) is 15.6. The highest BCUT2D eigenvalue weighted by atomic mass is 19.3. The monoisotopic (exact) mass is 601 g/mol. The van der Waals surface area contributed by atoms with Gasteiger partial charge in [-0.05, 0) is 46.2 Å². The molecule has 0 fully saturated rings. The van der Waals surface area contributed by atoms with Gasteiger partial charge in [0.2, 0.25) is 12.3 Å². The number of nitrogens with zero attached hydrogens (tertiary/aromatic N) is 5. The molecule has 0 bridgehead atoms. The lowest BCUT2D eigenvalue weighted by Crippen LogP contribution is -2.38. The number of amides is 1. The summed E-state index contributed by atoms with van der Waals surface area (Å²) in [7, 11) is 0. The topological polar surface area (TPSA) is 129 Å². The minimum absolute atomic E-state index is 0.0216. The smallest absolute Gasteiger partial charge is 0.240 e. The van der Waals surface area contributed by atoms with Gasteiger partial charge in [-0.2, -0.15) is 5.10 Å². The Hall–Kier alpha value is -4.33. The van der Waals surface area contributed by atoms with Crippen molar-refractivity contribution in [2.45, 2.75) is 70.9 Å². The van der Waals surface area contributed by atoms with E-state index in [1.807, 2.05) is 0 Å². The number of hydrogen-bond acceptors (Lipinski definition) is 7. The highest BCUT2D eigenvalue weighted by Crippen LogP contribution is 2.40. The van der Waals surface area contributed by atoms with Crippen LogP contribution in [0.5, 0.6) is 0 Å². The van der Waals surface area contributed by atoms with Crippen LogP contribution in [0.3, 0.4) is 0 Å². The second-order valence-electron chi connectivity index (χ2n) is 11.5. The number of anilines is 1. The van der Waals surface area contributed by atoms with E-state index in [1.165, 1.54) is 30.7 Å². The molecule has 226 valence electrons. The molecule has 0 spiro atoms. The fraction of sp³-hybridized carbons (Fsp3) is 0.379. The fourth-order valence-corrected chi connectivity index (χ4v) is 5.07. The number of ketones is 1. The number of fused-ring (bicyclic) bond motifs is 2. The molecule has 1 aromatic carbocycles. The molecule has 0 aliphatic carbocycles. The molecule has 9 nitrogen and oxygen atoms in total. The number of rotatable bonds is 9. The van der Waals surface area contributed by atoms with Gasteiger partial charge in [-0.15, -0.1) is 0 Å². The van der Waals surface area contributed by atoms with Crippen LogP contribution in [0.4, 0.5) is 27.8 Å². The van der Waals surface area contributed by atoms with Crippen LogP contribution in [0, 0.1) is 24.4 Å². The van der Waals surface area contributed by atoms with Crippen LogP contribution in [0.1, 0.15) is 67.3 Å². The maximum absolute atomic E-state index is 14.8. The number of pyridine rings is 1. The van der Waals surface area contributed by atoms with Crippen molar-refractivity contribution in [3.63, 3.8) is 0 Å². The molecule has 1 amide bonds. The van der Waals surface area contributed by atoms with E-state index in [4.69, 9.17) is 5.73 Å². The molecule has 0 saturated carbocycles. The predicted octanol–water partition coefficient (Wildman–Crippen LogP) is 5.23. The summed E-state index contributed by atoms with van der Waals surface area (Å²) in [5.41, 5.74) is 3.57. The number of carbonyl (C=O) groups is 2. The second-order valence-corrected chi connectivity index (χ2v) is 11.5. The summed E-state index contributed by atoms with van der Waals surface area (Å²) >= 11 is 0. The lowest BCUT2D eigenvalue weighted by molar-refractivity contribution is -0.119. The van der Waals surface area contributed by atoms with Crippen LogP contribution in [-0.2, 0) is 16.8 Å². The van der Waals surface area contributed by atoms with Gasteiger partial charge in [0, 0.05) is 29.5 Å². The molecule has 4 aromatic rings. The van der Waals surface area contributed by atoms with Crippen molar-refractivity contribution >= 4 is 28.5 Å². The molecule has 14 heteroatoms. The van der Waals surface area contributed by atoms with Crippen molar-refractivity contribution in [3.05, 3.63) is 64.2 Å². The molecule has 3 aromatic heterocycles. The SMILES string of the molecule is Cc1nc2c(cc1F)c(-c1nc3c(c(C(=O)CCC(C)(N)CC(F)F)n1)C(C)(C)C(=O)N3)nn2Cc1cccc(F)c1F. The summed E-state index contributed by atoms with van der Waals surface area (Å²) in [6.45, 7) is 5.72. The van der Waals surface area contributed by atoms with E-state index in [0.717, 1.165) is 12.1 Å². The average molecular weight is 602 g/mol. The molecule has 1 aliphatic heterocycles. The number of aryl methyl sites for hydroxylation is 1. The lowest BCUT2D eigenvalue weighted by Gasteiger charge is -2.24. The highest BCUT2D eigenvalue weighted by Gasteiger charge is 2.44.